The molecule has 4 N–H and O–H groups in total. The number of benzene rings is 1. The maximum Gasteiger partial charge on any atom is 0.311 e. The van der Waals surface area contributed by atoms with Crippen molar-refractivity contribution in [2.24, 2.45) is 0 Å². The molecule has 3 aromatic rings. The van der Waals surface area contributed by atoms with Gasteiger partial charge in [-0.25, -0.2) is 4.98 Å². The summed E-state index contributed by atoms with van der Waals surface area (Å²) in [5.74, 6) is 0.372. The Morgan fingerprint density at radius 3 is 2.62 bits per heavy atom. The van der Waals surface area contributed by atoms with Gasteiger partial charge in [0.05, 0.1) is 17.2 Å². The van der Waals surface area contributed by atoms with Crippen molar-refractivity contribution in [3.8, 4) is 11.1 Å². The summed E-state index contributed by atoms with van der Waals surface area (Å²) < 4.78 is 2.08. The van der Waals surface area contributed by atoms with Crippen molar-refractivity contribution < 1.29 is 9.72 Å². The second-order valence-corrected chi connectivity index (χ2v) is 10.2. The van der Waals surface area contributed by atoms with Crippen LogP contribution >= 0.6 is 0 Å². The number of nitrogens with zero attached hydrogens (tertiary/aromatic N) is 5. The number of aromatic nitrogens is 2. The number of nitrogens with one attached hydrogen (secondary N) is 2. The predicted octanol–water partition coefficient (Wildman–Crippen LogP) is 3.68. The molecule has 208 valence electrons. The molecule has 1 aliphatic heterocycles. The lowest BCUT2D eigenvalue weighted by molar-refractivity contribution is -0.384. The van der Waals surface area contributed by atoms with E-state index in [4.69, 9.17) is 5.73 Å². The van der Waals surface area contributed by atoms with Crippen LogP contribution in [0.3, 0.4) is 0 Å². The van der Waals surface area contributed by atoms with Gasteiger partial charge in [0.15, 0.2) is 0 Å². The number of pyridine rings is 1. The Kier molecular flexibility index (Phi) is 9.15. The van der Waals surface area contributed by atoms with E-state index in [1.54, 1.807) is 6.07 Å². The molecule has 0 aliphatic carbocycles. The van der Waals surface area contributed by atoms with Crippen LogP contribution in [0.1, 0.15) is 25.3 Å². The SMILES string of the molecule is CCc1ccc(-c2cn(CCCNc3ccc([N+](=O)[O-])c(N)n3)cc2NC(=O)CN2CC[C@H](N(C)C)C2)cc1. The molecule has 0 radical (unpaired) electrons. The molecule has 3 heterocycles. The van der Waals surface area contributed by atoms with Crippen molar-refractivity contribution >= 4 is 28.9 Å². The van der Waals surface area contributed by atoms with Gasteiger partial charge in [0, 0.05) is 56.2 Å². The van der Waals surface area contributed by atoms with Crippen LogP contribution in [0.4, 0.5) is 23.0 Å². The lowest BCUT2D eigenvalue weighted by Gasteiger charge is -2.20. The molecule has 1 aliphatic rings. The molecule has 0 unspecified atom stereocenters. The Bertz CT molecular complexity index is 1290. The van der Waals surface area contributed by atoms with Crippen molar-refractivity contribution in [3.05, 3.63) is 64.5 Å². The van der Waals surface area contributed by atoms with Crippen LogP contribution in [-0.2, 0) is 17.8 Å². The number of hydrogen-bond donors (Lipinski definition) is 3. The number of aryl methyl sites for hydroxylation is 2. The third-order valence-corrected chi connectivity index (χ3v) is 7.17. The van der Waals surface area contributed by atoms with Crippen molar-refractivity contribution in [1.82, 2.24) is 19.4 Å². The molecule has 1 fully saturated rings. The minimum atomic E-state index is -0.548. The summed E-state index contributed by atoms with van der Waals surface area (Å²) >= 11 is 0. The monoisotopic (exact) mass is 534 g/mol. The molecule has 1 aromatic carbocycles. The molecule has 0 spiro atoms. The van der Waals surface area contributed by atoms with Gasteiger partial charge in [-0.15, -0.1) is 0 Å². The van der Waals surface area contributed by atoms with E-state index in [1.807, 2.05) is 6.20 Å². The number of carbonyl (C=O) groups excluding carboxylic acids is 1. The molecule has 4 rings (SSSR count). The van der Waals surface area contributed by atoms with E-state index in [1.165, 1.54) is 11.6 Å². The van der Waals surface area contributed by atoms with E-state index in [0.29, 0.717) is 31.5 Å². The summed E-state index contributed by atoms with van der Waals surface area (Å²) in [6.45, 7) is 5.64. The maximum absolute atomic E-state index is 13.0. The highest BCUT2D eigenvalue weighted by atomic mass is 16.6. The molecular weight excluding hydrogens is 496 g/mol. The average Bonchev–Trinajstić information content (AvgIpc) is 3.53. The number of likely N-dealkylation sites (N-methyl/N-ethyl adjacent to an activating group) is 1. The largest absolute Gasteiger partial charge is 0.378 e. The first kappa shape index (κ1) is 28.1. The van der Waals surface area contributed by atoms with Gasteiger partial charge in [-0.1, -0.05) is 31.2 Å². The first-order chi connectivity index (χ1) is 18.7. The van der Waals surface area contributed by atoms with Crippen molar-refractivity contribution in [2.75, 3.05) is 56.6 Å². The number of nitrogens with two attached hydrogens (primary N) is 1. The quantitative estimate of drug-likeness (QED) is 0.182. The second kappa shape index (κ2) is 12.7. The summed E-state index contributed by atoms with van der Waals surface area (Å²) in [6.07, 6.45) is 6.86. The van der Waals surface area contributed by atoms with E-state index in [0.717, 1.165) is 49.2 Å². The van der Waals surface area contributed by atoms with E-state index >= 15 is 0 Å². The van der Waals surface area contributed by atoms with Crippen molar-refractivity contribution in [1.29, 1.82) is 0 Å². The molecule has 1 atom stereocenters. The average molecular weight is 535 g/mol. The number of hydrogen-bond acceptors (Lipinski definition) is 8. The fourth-order valence-corrected chi connectivity index (χ4v) is 4.86. The van der Waals surface area contributed by atoms with Gasteiger partial charge in [0.25, 0.3) is 0 Å². The minimum absolute atomic E-state index is 0.0120. The number of rotatable bonds is 12. The zero-order valence-corrected chi connectivity index (χ0v) is 22.9. The molecule has 0 bridgehead atoms. The van der Waals surface area contributed by atoms with Crippen LogP contribution in [-0.4, -0.2) is 76.5 Å². The number of likely N-dealkylation sites (tertiary alicyclic amines) is 1. The first-order valence-corrected chi connectivity index (χ1v) is 13.4. The van der Waals surface area contributed by atoms with E-state index in [2.05, 4.69) is 81.5 Å². The van der Waals surface area contributed by atoms with Gasteiger partial charge in [-0.3, -0.25) is 19.8 Å². The van der Waals surface area contributed by atoms with Crippen molar-refractivity contribution in [2.45, 2.75) is 38.8 Å². The standard InChI is InChI=1S/C28H38N8O3/c1-4-20-6-8-21(9-7-20)23-17-34(14-5-13-30-26-11-10-25(36(38)39)28(29)32-26)18-24(23)31-27(37)19-35-15-12-22(16-35)33(2)3/h6-11,17-18,22H,4-5,12-16,19H2,1-3H3,(H,31,37)(H3,29,30,32)/t22-/m0/s1. The summed E-state index contributed by atoms with van der Waals surface area (Å²) in [6, 6.07) is 11.8. The van der Waals surface area contributed by atoms with Gasteiger partial charge in [0.1, 0.15) is 5.82 Å². The Morgan fingerprint density at radius 2 is 1.97 bits per heavy atom. The van der Waals surface area contributed by atoms with Gasteiger partial charge in [-0.2, -0.15) is 0 Å². The zero-order valence-electron chi connectivity index (χ0n) is 22.9. The number of carbonyl (C=O) groups is 1. The summed E-state index contributed by atoms with van der Waals surface area (Å²) in [5, 5.41) is 17.3. The number of nitro groups is 1. The molecule has 1 amide bonds. The van der Waals surface area contributed by atoms with Gasteiger partial charge in [0.2, 0.25) is 11.7 Å². The van der Waals surface area contributed by atoms with Crippen LogP contribution < -0.4 is 16.4 Å². The molecule has 11 heteroatoms. The number of anilines is 3. The first-order valence-electron chi connectivity index (χ1n) is 13.4. The summed E-state index contributed by atoms with van der Waals surface area (Å²) in [7, 11) is 4.17. The highest BCUT2D eigenvalue weighted by Crippen LogP contribution is 2.30. The fraction of sp³-hybridized carbons (Fsp3) is 0.429. The van der Waals surface area contributed by atoms with E-state index in [9.17, 15) is 14.9 Å². The number of amides is 1. The van der Waals surface area contributed by atoms with Crippen molar-refractivity contribution in [3.63, 3.8) is 0 Å². The molecule has 2 aromatic heterocycles. The van der Waals surface area contributed by atoms with Gasteiger partial charge >= 0.3 is 5.69 Å². The predicted molar refractivity (Wildman–Crippen MR) is 155 cm³/mol. The second-order valence-electron chi connectivity index (χ2n) is 10.2. The molecule has 1 saturated heterocycles. The smallest absolute Gasteiger partial charge is 0.311 e. The van der Waals surface area contributed by atoms with E-state index in [-0.39, 0.29) is 17.4 Å². The third-order valence-electron chi connectivity index (χ3n) is 7.17. The van der Waals surface area contributed by atoms with Crippen LogP contribution in [0.5, 0.6) is 0 Å². The molecule has 11 nitrogen and oxygen atoms in total. The summed E-state index contributed by atoms with van der Waals surface area (Å²) in [4.78, 5) is 31.9. The molecule has 39 heavy (non-hydrogen) atoms. The van der Waals surface area contributed by atoms with Crippen LogP contribution in [0, 0.1) is 10.1 Å². The maximum atomic E-state index is 13.0. The lowest BCUT2D eigenvalue weighted by atomic mass is 10.0. The van der Waals surface area contributed by atoms with Crippen LogP contribution in [0.15, 0.2) is 48.8 Å². The Hall–Kier alpha value is -3.96. The highest BCUT2D eigenvalue weighted by molar-refractivity contribution is 5.96. The topological polar surface area (TPSA) is 135 Å². The van der Waals surface area contributed by atoms with Crippen LogP contribution in [0.25, 0.3) is 11.1 Å². The minimum Gasteiger partial charge on any atom is -0.378 e. The van der Waals surface area contributed by atoms with Gasteiger partial charge < -0.3 is 25.8 Å². The third kappa shape index (κ3) is 7.33. The number of nitrogen functional groups attached to an aromatic ring is 1. The van der Waals surface area contributed by atoms with Gasteiger partial charge in [-0.05, 0) is 50.6 Å². The van der Waals surface area contributed by atoms with E-state index < -0.39 is 4.92 Å². The normalized spacial score (nSPS) is 15.5. The van der Waals surface area contributed by atoms with Crippen LogP contribution in [0.2, 0.25) is 0 Å². The Morgan fingerprint density at radius 1 is 1.21 bits per heavy atom. The zero-order chi connectivity index (χ0) is 27.9. The fourth-order valence-electron chi connectivity index (χ4n) is 4.86. The Balaban J connectivity index is 1.40. The Labute approximate surface area is 229 Å². The highest BCUT2D eigenvalue weighted by Gasteiger charge is 2.25. The lowest BCUT2D eigenvalue weighted by Crippen LogP contribution is -2.35. The molecule has 0 saturated carbocycles. The molecular formula is C28H38N8O3. The summed E-state index contributed by atoms with van der Waals surface area (Å²) in [5.41, 5.74) is 9.58.